The number of ether oxygens (including phenoxy) is 4. The molecule has 0 saturated carbocycles. The van der Waals surface area contributed by atoms with Crippen molar-refractivity contribution in [3.63, 3.8) is 0 Å². The zero-order valence-corrected chi connectivity index (χ0v) is 48.7. The molecule has 87 heavy (non-hydrogen) atoms. The molecule has 26 heteroatoms. The number of aliphatic hydroxyl groups is 6. The highest BCUT2D eigenvalue weighted by atomic mass is 35.5. The number of fused-ring (bicyclic) bond motifs is 15. The van der Waals surface area contributed by atoms with Gasteiger partial charge in [0.25, 0.3) is 0 Å². The van der Waals surface area contributed by atoms with Crippen molar-refractivity contribution in [1.82, 2.24) is 21.3 Å². The van der Waals surface area contributed by atoms with Gasteiger partial charge in [0.05, 0.1) is 46.7 Å². The van der Waals surface area contributed by atoms with E-state index in [0.717, 1.165) is 6.07 Å². The Morgan fingerprint density at radius 2 is 1.38 bits per heavy atom. The second-order valence-electron chi connectivity index (χ2n) is 22.6. The van der Waals surface area contributed by atoms with Gasteiger partial charge >= 0.3 is 0 Å². The molecule has 5 aromatic carbocycles. The normalized spacial score (nSPS) is 26.3. The third-order valence-electron chi connectivity index (χ3n) is 16.1. The molecule has 1 fully saturated rings. The number of hydrogen-bond acceptors (Lipinski definition) is 20. The average Bonchev–Trinajstić information content (AvgIpc) is 1.07. The van der Waals surface area contributed by atoms with Gasteiger partial charge in [0.2, 0.25) is 35.7 Å². The van der Waals surface area contributed by atoms with Crippen LogP contribution < -0.4 is 41.2 Å². The zero-order valence-electron chi connectivity index (χ0n) is 47.2. The molecule has 11 rings (SSSR count). The minimum absolute atomic E-state index is 0.00859. The molecule has 0 aliphatic carbocycles. The number of ketones is 2. The number of amides is 4. The quantitative estimate of drug-likeness (QED) is 0.0934. The Bertz CT molecular complexity index is 3480. The number of primary amides is 1. The molecule has 13 atom stereocenters. The van der Waals surface area contributed by atoms with Crippen LogP contribution in [0.15, 0.2) is 78.9 Å². The summed E-state index contributed by atoms with van der Waals surface area (Å²) in [5.74, 6) is -12.4. The van der Waals surface area contributed by atoms with Gasteiger partial charge in [-0.05, 0) is 115 Å². The lowest BCUT2D eigenvalue weighted by Crippen LogP contribution is -2.60. The van der Waals surface area contributed by atoms with Crippen LogP contribution >= 0.6 is 23.2 Å². The smallest absolute Gasteiger partial charge is 0.237 e. The Balaban J connectivity index is 1.29. The number of Topliss-reactive ketones (excluding diaryl/α,β-unsaturated/α-hetero) is 2. The molecule has 11 bridgehead atoms. The van der Waals surface area contributed by atoms with Crippen molar-refractivity contribution in [1.29, 1.82) is 0 Å². The predicted molar refractivity (Wildman–Crippen MR) is 310 cm³/mol. The monoisotopic (exact) mass is 1240 g/mol. The number of hydrogen-bond donors (Lipinski definition) is 14. The molecule has 3 unspecified atom stereocenters. The van der Waals surface area contributed by atoms with E-state index in [4.69, 9.17) is 47.9 Å². The first-order chi connectivity index (χ1) is 41.3. The fraction of sp³-hybridized carbons (Fsp3) is 0.410. The summed E-state index contributed by atoms with van der Waals surface area (Å²) >= 11 is 14.0. The highest BCUT2D eigenvalue weighted by molar-refractivity contribution is 6.32. The Labute approximate surface area is 508 Å². The maximum atomic E-state index is 15.3. The summed E-state index contributed by atoms with van der Waals surface area (Å²) in [6, 6.07) is 12.9. The lowest BCUT2D eigenvalue weighted by atomic mass is 9.80. The predicted octanol–water partition coefficient (Wildman–Crippen LogP) is 4.13. The molecule has 0 aromatic heterocycles. The van der Waals surface area contributed by atoms with E-state index in [9.17, 15) is 65.1 Å². The van der Waals surface area contributed by atoms with E-state index in [1.165, 1.54) is 79.8 Å². The Hall–Kier alpha value is -7.62. The molecular formula is C61H67Cl2N5O19. The molecule has 0 radical (unpaired) electrons. The maximum Gasteiger partial charge on any atom is 0.237 e. The van der Waals surface area contributed by atoms with E-state index in [1.807, 2.05) is 13.8 Å². The third kappa shape index (κ3) is 13.9. The Morgan fingerprint density at radius 3 is 1.99 bits per heavy atom. The number of aromatic hydroxyl groups is 3. The fourth-order valence-corrected chi connectivity index (χ4v) is 11.9. The summed E-state index contributed by atoms with van der Waals surface area (Å²) in [6.07, 6.45) is -15.3. The molecule has 1 saturated heterocycles. The molecule has 5 aromatic rings. The van der Waals surface area contributed by atoms with Crippen LogP contribution in [0.4, 0.5) is 0 Å². The number of nitrogens with one attached hydrogen (secondary N) is 4. The second-order valence-corrected chi connectivity index (χ2v) is 23.4. The van der Waals surface area contributed by atoms with Gasteiger partial charge in [0.15, 0.2) is 17.3 Å². The molecule has 6 heterocycles. The van der Waals surface area contributed by atoms with Gasteiger partial charge in [0.1, 0.15) is 71.1 Å². The summed E-state index contributed by atoms with van der Waals surface area (Å²) in [5, 5.41) is 112. The van der Waals surface area contributed by atoms with Crippen molar-refractivity contribution in [2.24, 2.45) is 23.5 Å². The first-order valence-electron chi connectivity index (χ1n) is 28.1. The van der Waals surface area contributed by atoms with Crippen molar-refractivity contribution in [3.8, 4) is 57.1 Å². The van der Waals surface area contributed by atoms with Crippen LogP contribution in [-0.4, -0.2) is 138 Å². The number of carbonyl (C=O) groups is 6. The Kier molecular flexibility index (Phi) is 19.7. The van der Waals surface area contributed by atoms with Gasteiger partial charge in [-0.25, -0.2) is 0 Å². The van der Waals surface area contributed by atoms with E-state index in [0.29, 0.717) is 6.42 Å². The molecule has 0 spiro atoms. The number of rotatable bonds is 10. The topological polar surface area (TPSA) is 396 Å². The maximum absolute atomic E-state index is 15.3. The highest BCUT2D eigenvalue weighted by Gasteiger charge is 2.46. The zero-order chi connectivity index (χ0) is 62.9. The summed E-state index contributed by atoms with van der Waals surface area (Å²) in [7, 11) is 1.54. The molecule has 6 aliphatic heterocycles. The van der Waals surface area contributed by atoms with Crippen LogP contribution in [0.3, 0.4) is 0 Å². The minimum Gasteiger partial charge on any atom is -0.508 e. The number of likely N-dealkylation sites (N-methyl/N-ethyl adjacent to an activating group) is 1. The number of benzene rings is 5. The van der Waals surface area contributed by atoms with Crippen molar-refractivity contribution in [3.05, 3.63) is 117 Å². The molecule has 4 amide bonds. The van der Waals surface area contributed by atoms with Crippen molar-refractivity contribution >= 4 is 58.4 Å². The number of carbonyl (C=O) groups excluding carboxylic acids is 6. The number of halogens is 2. The largest absolute Gasteiger partial charge is 0.508 e. The fourth-order valence-electron chi connectivity index (χ4n) is 11.4. The van der Waals surface area contributed by atoms with Gasteiger partial charge in [-0.3, -0.25) is 28.8 Å². The summed E-state index contributed by atoms with van der Waals surface area (Å²) in [6.45, 7) is 2.51. The van der Waals surface area contributed by atoms with Gasteiger partial charge in [-0.1, -0.05) is 55.2 Å². The van der Waals surface area contributed by atoms with Crippen LogP contribution in [0.2, 0.25) is 10.0 Å². The van der Waals surface area contributed by atoms with Gasteiger partial charge in [-0.15, -0.1) is 0 Å². The standard InChI is InChI=1S/C61H67Cl2N5O19/c1-25(2)12-39(65-3)60(83)68-51-43(74)17-30(20-49(64)75)58(81)67-38-8-7-33-26-4-9-40(71)34(14-26)50-31(13-32(70)21-42(50)73)23-66-59(82)35(22-41(33)72)52(76)27-5-10-44(36(62)15-27)84-46-18-29(38)19-47(85-45-11-6-28(53(51)77)16-37(45)63)57(46)87-61-56(80)55(79)54(78)48(24-69)86-61/h4-6,9-11,13-16,18-19,21,25,30,33,35,38-39,48,51-56,61,65,69-71,73,76-80H,7-8,12,17,20,22-24H2,1-3H3,(H2,64,75)(H,66,82)(H,67,81)(H,68,83)/t30-,33-,35-,38-,39+,48?,51-,52+,53+,54?,55-,56+,61?/m0/s1. The van der Waals surface area contributed by atoms with Crippen LogP contribution in [0.5, 0.6) is 46.0 Å². The van der Waals surface area contributed by atoms with Crippen LogP contribution in [0, 0.1) is 17.8 Å². The summed E-state index contributed by atoms with van der Waals surface area (Å²) in [4.78, 5) is 86.7. The molecule has 24 nitrogen and oxygen atoms in total. The number of aliphatic hydroxyl groups excluding tert-OH is 6. The summed E-state index contributed by atoms with van der Waals surface area (Å²) in [5.41, 5.74) is 6.15. The van der Waals surface area contributed by atoms with Crippen LogP contribution in [0.25, 0.3) is 11.1 Å². The van der Waals surface area contributed by atoms with Gasteiger partial charge in [0, 0.05) is 48.9 Å². The van der Waals surface area contributed by atoms with E-state index in [1.54, 1.807) is 0 Å². The summed E-state index contributed by atoms with van der Waals surface area (Å²) < 4.78 is 25.3. The SMILES string of the molecule is CN[C@H](CC(C)C)C(=O)N[C@H]1C(=O)C[C@@H](CC(N)=O)C(=O)N[C@H]2CC[C@@H]3C(=O)C[C@H](C(=O)NCc4cc(O)cc(O)c4-c4cc3ccc4O)[C@H](O)c3ccc(c(Cl)c3)Oc3cc2cc(c3OC2OC(CO)C(O)[C@H](O)[C@H]2O)Oc2ccc(cc2Cl)[C@H]1O. The van der Waals surface area contributed by atoms with E-state index in [-0.39, 0.29) is 109 Å². The van der Waals surface area contributed by atoms with Crippen LogP contribution in [0.1, 0.15) is 104 Å². The van der Waals surface area contributed by atoms with E-state index < -0.39 is 151 Å². The van der Waals surface area contributed by atoms with E-state index >= 15 is 9.59 Å². The molecular weight excluding hydrogens is 1180 g/mol. The Morgan fingerprint density at radius 1 is 0.736 bits per heavy atom. The average molecular weight is 1250 g/mol. The molecule has 15 N–H and O–H groups in total. The number of phenolic OH excluding ortho intramolecular Hbond substituents is 3. The molecule has 464 valence electrons. The van der Waals surface area contributed by atoms with Gasteiger partial charge < -0.3 is 91.9 Å². The third-order valence-corrected chi connectivity index (χ3v) is 16.7. The first-order valence-corrected chi connectivity index (χ1v) is 28.8. The second kappa shape index (κ2) is 26.8. The van der Waals surface area contributed by atoms with Crippen molar-refractivity contribution in [2.45, 2.75) is 126 Å². The lowest BCUT2D eigenvalue weighted by molar-refractivity contribution is -0.277. The minimum atomic E-state index is -2.03. The number of nitrogens with two attached hydrogens (primary N) is 1. The number of phenols is 3. The lowest BCUT2D eigenvalue weighted by Gasteiger charge is -2.39. The van der Waals surface area contributed by atoms with E-state index in [2.05, 4.69) is 21.3 Å². The van der Waals surface area contributed by atoms with Gasteiger partial charge in [-0.2, -0.15) is 0 Å². The first kappa shape index (κ1) is 63.9. The van der Waals surface area contributed by atoms with Crippen molar-refractivity contribution < 1.29 is 93.7 Å². The highest BCUT2D eigenvalue weighted by Crippen LogP contribution is 2.50. The molecule has 6 aliphatic rings. The van der Waals surface area contributed by atoms with Crippen molar-refractivity contribution in [2.75, 3.05) is 13.7 Å². The van der Waals surface area contributed by atoms with Crippen LogP contribution in [-0.2, 0) is 40.0 Å².